The van der Waals surface area contributed by atoms with Crippen molar-refractivity contribution in [2.24, 2.45) is 5.73 Å². The van der Waals surface area contributed by atoms with E-state index in [9.17, 15) is 9.59 Å². The molecule has 0 saturated carbocycles. The van der Waals surface area contributed by atoms with E-state index in [1.807, 2.05) is 12.1 Å². The van der Waals surface area contributed by atoms with E-state index >= 15 is 0 Å². The first-order valence-corrected chi connectivity index (χ1v) is 7.24. The van der Waals surface area contributed by atoms with E-state index in [4.69, 9.17) is 5.73 Å². The molecule has 22 heavy (non-hydrogen) atoms. The van der Waals surface area contributed by atoms with Gasteiger partial charge in [0.2, 0.25) is 5.91 Å². The van der Waals surface area contributed by atoms with Crippen LogP contribution in [0.2, 0.25) is 0 Å². The molecule has 2 amide bonds. The molecule has 0 atom stereocenters. The lowest BCUT2D eigenvalue weighted by Gasteiger charge is -2.17. The van der Waals surface area contributed by atoms with Gasteiger partial charge < -0.3 is 10.6 Å². The quantitative estimate of drug-likeness (QED) is 0.922. The molecule has 0 unspecified atom stereocenters. The molecule has 2 aromatic carbocycles. The van der Waals surface area contributed by atoms with Crippen LogP contribution < -0.4 is 5.73 Å². The summed E-state index contributed by atoms with van der Waals surface area (Å²) in [4.78, 5) is 25.1. The first kappa shape index (κ1) is 15.8. The van der Waals surface area contributed by atoms with E-state index in [0.29, 0.717) is 17.7 Å². The molecule has 2 rings (SSSR count). The second kappa shape index (κ2) is 6.89. The summed E-state index contributed by atoms with van der Waals surface area (Å²) in [5, 5.41) is 0. The Morgan fingerprint density at radius 1 is 0.909 bits per heavy atom. The minimum Gasteiger partial charge on any atom is -0.366 e. The van der Waals surface area contributed by atoms with Crippen molar-refractivity contribution in [2.45, 2.75) is 19.9 Å². The van der Waals surface area contributed by atoms with Crippen LogP contribution in [0.25, 0.3) is 0 Å². The maximum Gasteiger partial charge on any atom is 0.253 e. The van der Waals surface area contributed by atoms with Crippen molar-refractivity contribution in [3.63, 3.8) is 0 Å². The Labute approximate surface area is 130 Å². The molecule has 0 aliphatic heterocycles. The lowest BCUT2D eigenvalue weighted by atomic mass is 10.1. The molecule has 0 aromatic heterocycles. The number of hydrogen-bond donors (Lipinski definition) is 1. The highest BCUT2D eigenvalue weighted by Crippen LogP contribution is 2.11. The van der Waals surface area contributed by atoms with Gasteiger partial charge in [0.25, 0.3) is 5.91 Å². The Kier molecular flexibility index (Phi) is 4.94. The number of nitrogens with two attached hydrogens (primary N) is 1. The van der Waals surface area contributed by atoms with Crippen LogP contribution in [0, 0.1) is 0 Å². The molecular formula is C18H20N2O2. The summed E-state index contributed by atoms with van der Waals surface area (Å²) in [6.07, 6.45) is 1.00. The van der Waals surface area contributed by atoms with Gasteiger partial charge in [0.15, 0.2) is 0 Å². The number of aryl methyl sites for hydroxylation is 1. The van der Waals surface area contributed by atoms with Crippen molar-refractivity contribution >= 4 is 11.8 Å². The van der Waals surface area contributed by atoms with E-state index in [2.05, 4.69) is 19.1 Å². The van der Waals surface area contributed by atoms with Gasteiger partial charge in [-0.2, -0.15) is 0 Å². The molecule has 2 N–H and O–H groups in total. The molecule has 114 valence electrons. The summed E-state index contributed by atoms with van der Waals surface area (Å²) >= 11 is 0. The van der Waals surface area contributed by atoms with E-state index in [1.54, 1.807) is 36.2 Å². The van der Waals surface area contributed by atoms with Crippen molar-refractivity contribution in [2.75, 3.05) is 7.05 Å². The van der Waals surface area contributed by atoms with E-state index in [0.717, 1.165) is 12.0 Å². The SMILES string of the molecule is CCc1ccc(CN(C)C(=O)c2ccc(C(N)=O)cc2)cc1. The maximum atomic E-state index is 12.4. The summed E-state index contributed by atoms with van der Waals surface area (Å²) in [5.74, 6) is -0.584. The second-order valence-corrected chi connectivity index (χ2v) is 5.27. The largest absolute Gasteiger partial charge is 0.366 e. The molecule has 0 heterocycles. The number of rotatable bonds is 5. The summed E-state index contributed by atoms with van der Waals surface area (Å²) < 4.78 is 0. The fraction of sp³-hybridized carbons (Fsp3) is 0.222. The lowest BCUT2D eigenvalue weighted by molar-refractivity contribution is 0.0784. The minimum atomic E-state index is -0.497. The molecule has 0 saturated heterocycles. The fourth-order valence-corrected chi connectivity index (χ4v) is 2.22. The van der Waals surface area contributed by atoms with E-state index in [-0.39, 0.29) is 5.91 Å². The van der Waals surface area contributed by atoms with Gasteiger partial charge >= 0.3 is 0 Å². The molecule has 2 aromatic rings. The number of nitrogens with zero attached hydrogens (tertiary/aromatic N) is 1. The van der Waals surface area contributed by atoms with Gasteiger partial charge in [-0.1, -0.05) is 31.2 Å². The number of carbonyl (C=O) groups excluding carboxylic acids is 2. The van der Waals surface area contributed by atoms with Gasteiger partial charge in [0, 0.05) is 24.7 Å². The highest BCUT2D eigenvalue weighted by Gasteiger charge is 2.12. The van der Waals surface area contributed by atoms with Crippen LogP contribution in [0.5, 0.6) is 0 Å². The van der Waals surface area contributed by atoms with Gasteiger partial charge in [-0.3, -0.25) is 9.59 Å². The standard InChI is InChI=1S/C18H20N2O2/c1-3-13-4-6-14(7-5-13)12-20(2)18(22)16-10-8-15(9-11-16)17(19)21/h4-11H,3,12H2,1-2H3,(H2,19,21). The number of carbonyl (C=O) groups is 2. The van der Waals surface area contributed by atoms with Crippen LogP contribution in [0.3, 0.4) is 0 Å². The topological polar surface area (TPSA) is 63.4 Å². The molecular weight excluding hydrogens is 276 g/mol. The maximum absolute atomic E-state index is 12.4. The lowest BCUT2D eigenvalue weighted by Crippen LogP contribution is -2.26. The summed E-state index contributed by atoms with van der Waals surface area (Å²) in [7, 11) is 1.76. The third-order valence-electron chi connectivity index (χ3n) is 3.61. The van der Waals surface area contributed by atoms with Crippen LogP contribution in [-0.2, 0) is 13.0 Å². The third-order valence-corrected chi connectivity index (χ3v) is 3.61. The predicted molar refractivity (Wildman–Crippen MR) is 86.6 cm³/mol. The smallest absolute Gasteiger partial charge is 0.253 e. The fourth-order valence-electron chi connectivity index (χ4n) is 2.22. The second-order valence-electron chi connectivity index (χ2n) is 5.27. The van der Waals surface area contributed by atoms with Crippen molar-refractivity contribution in [3.8, 4) is 0 Å². The van der Waals surface area contributed by atoms with E-state index < -0.39 is 5.91 Å². The molecule has 0 fully saturated rings. The number of hydrogen-bond acceptors (Lipinski definition) is 2. The van der Waals surface area contributed by atoms with Crippen LogP contribution in [0.4, 0.5) is 0 Å². The minimum absolute atomic E-state index is 0.0874. The average molecular weight is 296 g/mol. The first-order chi connectivity index (χ1) is 10.5. The normalized spacial score (nSPS) is 10.3. The van der Waals surface area contributed by atoms with Crippen molar-refractivity contribution in [3.05, 3.63) is 70.8 Å². The number of primary amides is 1. The van der Waals surface area contributed by atoms with Crippen LogP contribution in [-0.4, -0.2) is 23.8 Å². The predicted octanol–water partition coefficient (Wildman–Crippen LogP) is 2.62. The van der Waals surface area contributed by atoms with Gasteiger partial charge in [-0.25, -0.2) is 0 Å². The Morgan fingerprint density at radius 3 is 1.91 bits per heavy atom. The average Bonchev–Trinajstić information content (AvgIpc) is 2.55. The Morgan fingerprint density at radius 2 is 1.41 bits per heavy atom. The van der Waals surface area contributed by atoms with Crippen molar-refractivity contribution in [1.29, 1.82) is 0 Å². The molecule has 0 bridgehead atoms. The summed E-state index contributed by atoms with van der Waals surface area (Å²) in [5.41, 5.74) is 8.49. The molecule has 0 aliphatic rings. The molecule has 0 spiro atoms. The molecule has 4 heteroatoms. The Balaban J connectivity index is 2.06. The molecule has 0 aliphatic carbocycles. The zero-order valence-corrected chi connectivity index (χ0v) is 12.9. The van der Waals surface area contributed by atoms with Crippen LogP contribution in [0.1, 0.15) is 38.8 Å². The van der Waals surface area contributed by atoms with Gasteiger partial charge in [-0.15, -0.1) is 0 Å². The van der Waals surface area contributed by atoms with Gasteiger partial charge in [0.1, 0.15) is 0 Å². The zero-order chi connectivity index (χ0) is 16.1. The van der Waals surface area contributed by atoms with Crippen molar-refractivity contribution < 1.29 is 9.59 Å². The highest BCUT2D eigenvalue weighted by molar-refractivity contribution is 5.97. The van der Waals surface area contributed by atoms with Gasteiger partial charge in [0.05, 0.1) is 0 Å². The third kappa shape index (κ3) is 3.73. The van der Waals surface area contributed by atoms with Crippen LogP contribution in [0.15, 0.2) is 48.5 Å². The number of amides is 2. The highest BCUT2D eigenvalue weighted by atomic mass is 16.2. The Bertz CT molecular complexity index is 660. The summed E-state index contributed by atoms with van der Waals surface area (Å²) in [6, 6.07) is 14.6. The molecule has 4 nitrogen and oxygen atoms in total. The van der Waals surface area contributed by atoms with Gasteiger partial charge in [-0.05, 0) is 41.8 Å². The number of benzene rings is 2. The Hall–Kier alpha value is -2.62. The molecule has 0 radical (unpaired) electrons. The first-order valence-electron chi connectivity index (χ1n) is 7.24. The monoisotopic (exact) mass is 296 g/mol. The zero-order valence-electron chi connectivity index (χ0n) is 12.9. The van der Waals surface area contributed by atoms with Crippen LogP contribution >= 0.6 is 0 Å². The summed E-state index contributed by atoms with van der Waals surface area (Å²) in [6.45, 7) is 2.65. The van der Waals surface area contributed by atoms with E-state index in [1.165, 1.54) is 5.56 Å². The van der Waals surface area contributed by atoms with Crippen molar-refractivity contribution in [1.82, 2.24) is 4.90 Å².